The molecule has 0 aromatic heterocycles. The number of benzene rings is 4. The molecule has 0 atom stereocenters. The molecule has 8 nitrogen and oxygen atoms in total. The fourth-order valence-corrected chi connectivity index (χ4v) is 4.70. The Hall–Kier alpha value is -5.02. The van der Waals surface area contributed by atoms with E-state index in [1.807, 2.05) is 68.4 Å². The van der Waals surface area contributed by atoms with Crippen molar-refractivity contribution in [1.82, 2.24) is 5.32 Å². The maximum absolute atomic E-state index is 13.4. The molecular weight excluding hydrogens is 562 g/mol. The van der Waals surface area contributed by atoms with E-state index in [1.54, 1.807) is 54.6 Å². The van der Waals surface area contributed by atoms with Crippen LogP contribution in [0.15, 0.2) is 114 Å². The highest BCUT2D eigenvalue weighted by molar-refractivity contribution is 8.00. The lowest BCUT2D eigenvalue weighted by Crippen LogP contribution is -2.30. The summed E-state index contributed by atoms with van der Waals surface area (Å²) in [5.74, 6) is 0.345. The second kappa shape index (κ2) is 15.8. The predicted molar refractivity (Wildman–Crippen MR) is 172 cm³/mol. The van der Waals surface area contributed by atoms with Gasteiger partial charge in [0.2, 0.25) is 5.91 Å². The first kappa shape index (κ1) is 30.9. The number of hydrogen-bond acceptors (Lipinski definition) is 6. The molecule has 0 heterocycles. The van der Waals surface area contributed by atoms with Gasteiger partial charge in [-0.25, -0.2) is 0 Å². The van der Waals surface area contributed by atoms with Crippen LogP contribution in [0.4, 0.5) is 11.4 Å². The van der Waals surface area contributed by atoms with E-state index >= 15 is 0 Å². The molecule has 3 amide bonds. The molecule has 0 aliphatic rings. The van der Waals surface area contributed by atoms with Gasteiger partial charge < -0.3 is 25.4 Å². The minimum absolute atomic E-state index is 0.0588. The highest BCUT2D eigenvalue weighted by Crippen LogP contribution is 2.26. The highest BCUT2D eigenvalue weighted by atomic mass is 32.2. The van der Waals surface area contributed by atoms with Crippen molar-refractivity contribution >= 4 is 46.9 Å². The average Bonchev–Trinajstić information content (AvgIpc) is 3.03. The SMILES string of the molecule is CCOc1ccccc1/C=C(\NC(=O)c1ccccc1)C(=O)Nc1ccc(SCC(=O)Nc2ccccc2OCC)cc1. The van der Waals surface area contributed by atoms with Crippen molar-refractivity contribution in [2.75, 3.05) is 29.6 Å². The van der Waals surface area contributed by atoms with E-state index in [-0.39, 0.29) is 17.4 Å². The van der Waals surface area contributed by atoms with Gasteiger partial charge in [-0.1, -0.05) is 48.5 Å². The summed E-state index contributed by atoms with van der Waals surface area (Å²) in [4.78, 5) is 39.7. The van der Waals surface area contributed by atoms with Gasteiger partial charge in [-0.15, -0.1) is 11.8 Å². The molecule has 0 fully saturated rings. The van der Waals surface area contributed by atoms with Gasteiger partial charge in [0.15, 0.2) is 0 Å². The third-order valence-corrected chi connectivity index (χ3v) is 7.00. The van der Waals surface area contributed by atoms with Crippen molar-refractivity contribution in [3.63, 3.8) is 0 Å². The molecule has 0 saturated carbocycles. The number of thioether (sulfide) groups is 1. The molecule has 4 aromatic rings. The lowest BCUT2D eigenvalue weighted by molar-refractivity contribution is -0.114. The Bertz CT molecular complexity index is 1570. The minimum atomic E-state index is -0.497. The van der Waals surface area contributed by atoms with Crippen LogP contribution in [0.25, 0.3) is 6.08 Å². The Labute approximate surface area is 255 Å². The van der Waals surface area contributed by atoms with Gasteiger partial charge >= 0.3 is 0 Å². The predicted octanol–water partition coefficient (Wildman–Crippen LogP) is 6.62. The first-order chi connectivity index (χ1) is 21.0. The van der Waals surface area contributed by atoms with E-state index < -0.39 is 11.8 Å². The number of ether oxygens (including phenoxy) is 2. The molecule has 220 valence electrons. The quantitative estimate of drug-likeness (QED) is 0.118. The molecule has 0 bridgehead atoms. The van der Waals surface area contributed by atoms with Crippen LogP contribution >= 0.6 is 11.8 Å². The molecule has 3 N–H and O–H groups in total. The van der Waals surface area contributed by atoms with Crippen LogP contribution in [0, 0.1) is 0 Å². The van der Waals surface area contributed by atoms with Crippen molar-refractivity contribution < 1.29 is 23.9 Å². The summed E-state index contributed by atoms with van der Waals surface area (Å²) in [6, 6.07) is 30.4. The third kappa shape index (κ3) is 9.24. The van der Waals surface area contributed by atoms with E-state index in [4.69, 9.17) is 9.47 Å². The maximum atomic E-state index is 13.4. The minimum Gasteiger partial charge on any atom is -0.493 e. The van der Waals surface area contributed by atoms with Crippen molar-refractivity contribution in [2.24, 2.45) is 0 Å². The van der Waals surface area contributed by atoms with Gasteiger partial charge in [0, 0.05) is 21.7 Å². The Kier molecular flexibility index (Phi) is 11.4. The number of amides is 3. The molecule has 4 rings (SSSR count). The van der Waals surface area contributed by atoms with E-state index in [1.165, 1.54) is 11.8 Å². The summed E-state index contributed by atoms with van der Waals surface area (Å²) in [5, 5.41) is 8.48. The molecule has 0 radical (unpaired) electrons. The molecule has 0 aliphatic carbocycles. The number of nitrogens with one attached hydrogen (secondary N) is 3. The lowest BCUT2D eigenvalue weighted by Gasteiger charge is -2.13. The molecule has 0 spiro atoms. The number of anilines is 2. The van der Waals surface area contributed by atoms with Crippen molar-refractivity contribution in [2.45, 2.75) is 18.7 Å². The number of hydrogen-bond donors (Lipinski definition) is 3. The average molecular weight is 596 g/mol. The number of carbonyl (C=O) groups excluding carboxylic acids is 3. The molecule has 9 heteroatoms. The Balaban J connectivity index is 1.43. The Morgan fingerprint density at radius 3 is 2.07 bits per heavy atom. The van der Waals surface area contributed by atoms with Crippen LogP contribution in [-0.4, -0.2) is 36.7 Å². The van der Waals surface area contributed by atoms with Crippen LogP contribution in [0.1, 0.15) is 29.8 Å². The van der Waals surface area contributed by atoms with Gasteiger partial charge in [0.1, 0.15) is 17.2 Å². The Morgan fingerprint density at radius 1 is 0.721 bits per heavy atom. The molecule has 0 saturated heterocycles. The van der Waals surface area contributed by atoms with E-state index in [0.717, 1.165) is 4.90 Å². The molecule has 0 aliphatic heterocycles. The standard InChI is InChI=1S/C34H33N3O5S/c1-3-41-30-16-10-8-14-25(30)22-29(37-33(39)24-12-6-5-7-13-24)34(40)35-26-18-20-27(21-19-26)43-23-32(38)36-28-15-9-11-17-31(28)42-4-2/h5-22H,3-4,23H2,1-2H3,(H,35,40)(H,36,38)(H,37,39)/b29-22-. The van der Waals surface area contributed by atoms with Crippen LogP contribution in [-0.2, 0) is 9.59 Å². The van der Waals surface area contributed by atoms with E-state index in [0.29, 0.717) is 47.2 Å². The van der Waals surface area contributed by atoms with Gasteiger partial charge in [-0.05, 0) is 74.5 Å². The molecule has 4 aromatic carbocycles. The van der Waals surface area contributed by atoms with Crippen molar-refractivity contribution in [3.8, 4) is 11.5 Å². The number of para-hydroxylation sites is 3. The van der Waals surface area contributed by atoms with Gasteiger partial charge in [-0.3, -0.25) is 14.4 Å². The highest BCUT2D eigenvalue weighted by Gasteiger charge is 2.16. The smallest absolute Gasteiger partial charge is 0.272 e. The summed E-state index contributed by atoms with van der Waals surface area (Å²) in [6.45, 7) is 4.72. The monoisotopic (exact) mass is 595 g/mol. The number of rotatable bonds is 13. The van der Waals surface area contributed by atoms with Crippen molar-refractivity contribution in [3.05, 3.63) is 120 Å². The normalized spacial score (nSPS) is 10.9. The molecular formula is C34H33N3O5S. The summed E-state index contributed by atoms with van der Waals surface area (Å²) in [7, 11) is 0. The zero-order valence-corrected chi connectivity index (χ0v) is 24.8. The second-order valence-electron chi connectivity index (χ2n) is 9.09. The fraction of sp³-hybridized carbons (Fsp3) is 0.147. The number of carbonyl (C=O) groups is 3. The summed E-state index contributed by atoms with van der Waals surface area (Å²) in [6.07, 6.45) is 1.59. The molecule has 0 unspecified atom stereocenters. The zero-order valence-electron chi connectivity index (χ0n) is 24.0. The fourth-order valence-electron chi connectivity index (χ4n) is 4.00. The first-order valence-corrected chi connectivity index (χ1v) is 14.8. The van der Waals surface area contributed by atoms with E-state index in [2.05, 4.69) is 16.0 Å². The summed E-state index contributed by atoms with van der Waals surface area (Å²) < 4.78 is 11.3. The largest absolute Gasteiger partial charge is 0.493 e. The van der Waals surface area contributed by atoms with Gasteiger partial charge in [0.25, 0.3) is 11.8 Å². The van der Waals surface area contributed by atoms with Crippen LogP contribution in [0.5, 0.6) is 11.5 Å². The summed E-state index contributed by atoms with van der Waals surface area (Å²) in [5.41, 5.74) is 2.29. The van der Waals surface area contributed by atoms with Crippen molar-refractivity contribution in [1.29, 1.82) is 0 Å². The van der Waals surface area contributed by atoms with Gasteiger partial charge in [0.05, 0.1) is 24.7 Å². The topological polar surface area (TPSA) is 106 Å². The third-order valence-electron chi connectivity index (χ3n) is 5.99. The lowest BCUT2D eigenvalue weighted by atomic mass is 10.1. The Morgan fingerprint density at radius 2 is 1.35 bits per heavy atom. The van der Waals surface area contributed by atoms with Crippen LogP contribution in [0.2, 0.25) is 0 Å². The molecule has 43 heavy (non-hydrogen) atoms. The van der Waals surface area contributed by atoms with Gasteiger partial charge in [-0.2, -0.15) is 0 Å². The van der Waals surface area contributed by atoms with Crippen LogP contribution < -0.4 is 25.4 Å². The second-order valence-corrected chi connectivity index (χ2v) is 10.1. The summed E-state index contributed by atoms with van der Waals surface area (Å²) >= 11 is 1.37. The van der Waals surface area contributed by atoms with E-state index in [9.17, 15) is 14.4 Å². The van der Waals surface area contributed by atoms with Crippen LogP contribution in [0.3, 0.4) is 0 Å². The zero-order chi connectivity index (χ0) is 30.4. The maximum Gasteiger partial charge on any atom is 0.272 e. The first-order valence-electron chi connectivity index (χ1n) is 13.8.